The third-order valence-electron chi connectivity index (χ3n) is 2.78. The predicted octanol–water partition coefficient (Wildman–Crippen LogP) is 2.19. The van der Waals surface area contributed by atoms with E-state index < -0.39 is 8.80 Å². The fourth-order valence-electron chi connectivity index (χ4n) is 2.04. The van der Waals surface area contributed by atoms with E-state index in [2.05, 4.69) is 67.6 Å². The van der Waals surface area contributed by atoms with E-state index in [-0.39, 0.29) is 5.00 Å². The van der Waals surface area contributed by atoms with E-state index in [1.165, 1.54) is 10.4 Å². The van der Waals surface area contributed by atoms with Crippen molar-refractivity contribution in [2.45, 2.75) is 11.9 Å². The average molecular weight is 247 g/mol. The van der Waals surface area contributed by atoms with Gasteiger partial charge >= 0.3 is 0 Å². The van der Waals surface area contributed by atoms with Gasteiger partial charge in [-0.2, -0.15) is 0 Å². The van der Waals surface area contributed by atoms with Gasteiger partial charge in [0.15, 0.2) is 0 Å². The van der Waals surface area contributed by atoms with Crippen LogP contribution in [0.1, 0.15) is 6.92 Å². The van der Waals surface area contributed by atoms with E-state index >= 15 is 0 Å². The third kappa shape index (κ3) is 2.54. The molecule has 0 saturated heterocycles. The number of benzene rings is 2. The molecule has 0 aliphatic carbocycles. The standard InChI is InChI=1S/C14H15ClSi/c1-12(15)16(13-8-4-2-5-9-13)14-10-6-3-7-11-14/h2-12,16H,1H3. The molecule has 0 aliphatic heterocycles. The van der Waals surface area contributed by atoms with Crippen LogP contribution in [0.5, 0.6) is 0 Å². The second-order valence-electron chi connectivity index (χ2n) is 3.98. The monoisotopic (exact) mass is 246 g/mol. The maximum Gasteiger partial charge on any atom is 0.121 e. The third-order valence-corrected chi connectivity index (χ3v) is 6.66. The van der Waals surface area contributed by atoms with Crippen molar-refractivity contribution in [1.29, 1.82) is 0 Å². The molecule has 0 N–H and O–H groups in total. The molecule has 1 atom stereocenters. The lowest BCUT2D eigenvalue weighted by molar-refractivity contribution is 1.34. The zero-order valence-electron chi connectivity index (χ0n) is 9.31. The van der Waals surface area contributed by atoms with Gasteiger partial charge in [0.1, 0.15) is 8.80 Å². The molecule has 82 valence electrons. The number of alkyl halides is 1. The van der Waals surface area contributed by atoms with Crippen molar-refractivity contribution in [1.82, 2.24) is 0 Å². The molecule has 2 aromatic carbocycles. The number of halogens is 1. The lowest BCUT2D eigenvalue weighted by Crippen LogP contribution is -2.48. The van der Waals surface area contributed by atoms with Gasteiger partial charge in [0.25, 0.3) is 0 Å². The van der Waals surface area contributed by atoms with Crippen molar-refractivity contribution in [2.24, 2.45) is 0 Å². The van der Waals surface area contributed by atoms with E-state index in [4.69, 9.17) is 11.6 Å². The first-order valence-corrected chi connectivity index (χ1v) is 7.79. The van der Waals surface area contributed by atoms with Crippen molar-refractivity contribution in [3.8, 4) is 0 Å². The van der Waals surface area contributed by atoms with Crippen molar-refractivity contribution in [3.63, 3.8) is 0 Å². The van der Waals surface area contributed by atoms with Gasteiger partial charge in [-0.25, -0.2) is 0 Å². The van der Waals surface area contributed by atoms with Crippen molar-refractivity contribution < 1.29 is 0 Å². The van der Waals surface area contributed by atoms with E-state index in [1.807, 2.05) is 0 Å². The van der Waals surface area contributed by atoms with Crippen LogP contribution in [0.3, 0.4) is 0 Å². The topological polar surface area (TPSA) is 0 Å². The maximum absolute atomic E-state index is 6.37. The maximum atomic E-state index is 6.37. The first-order chi connectivity index (χ1) is 7.79. The molecule has 0 aliphatic rings. The molecule has 1 unspecified atom stereocenters. The highest BCUT2D eigenvalue weighted by Crippen LogP contribution is 2.03. The molecule has 0 bridgehead atoms. The molecule has 0 aromatic heterocycles. The number of hydrogen-bond acceptors (Lipinski definition) is 0. The molecule has 0 heterocycles. The molecular weight excluding hydrogens is 232 g/mol. The summed E-state index contributed by atoms with van der Waals surface area (Å²) >= 11 is 6.37. The fourth-order valence-corrected chi connectivity index (χ4v) is 5.64. The van der Waals surface area contributed by atoms with Crippen molar-refractivity contribution in [3.05, 3.63) is 60.7 Å². The van der Waals surface area contributed by atoms with Gasteiger partial charge in [-0.1, -0.05) is 78.0 Å². The minimum atomic E-state index is -1.26. The van der Waals surface area contributed by atoms with Crippen molar-refractivity contribution in [2.75, 3.05) is 0 Å². The molecule has 16 heavy (non-hydrogen) atoms. The molecule has 0 amide bonds. The van der Waals surface area contributed by atoms with E-state index in [9.17, 15) is 0 Å². The van der Waals surface area contributed by atoms with Crippen LogP contribution >= 0.6 is 11.6 Å². The molecule has 0 spiro atoms. The van der Waals surface area contributed by atoms with Gasteiger partial charge in [0, 0.05) is 5.00 Å². The van der Waals surface area contributed by atoms with E-state index in [0.717, 1.165) is 0 Å². The van der Waals surface area contributed by atoms with Gasteiger partial charge in [0.05, 0.1) is 0 Å². The van der Waals surface area contributed by atoms with E-state index in [0.29, 0.717) is 0 Å². The summed E-state index contributed by atoms with van der Waals surface area (Å²) in [5.74, 6) is 0. The minimum Gasteiger partial charge on any atom is -0.126 e. The second kappa shape index (κ2) is 5.33. The largest absolute Gasteiger partial charge is 0.126 e. The number of hydrogen-bond donors (Lipinski definition) is 0. The molecule has 2 aromatic rings. The molecular formula is C14H15ClSi. The lowest BCUT2D eigenvalue weighted by atomic mass is 10.4. The second-order valence-corrected chi connectivity index (χ2v) is 8.38. The molecule has 0 radical (unpaired) electrons. The Morgan fingerprint density at radius 2 is 1.19 bits per heavy atom. The first-order valence-electron chi connectivity index (χ1n) is 5.53. The average Bonchev–Trinajstić information content (AvgIpc) is 2.31. The summed E-state index contributed by atoms with van der Waals surface area (Å²) in [5.41, 5.74) is 0. The van der Waals surface area contributed by atoms with Crippen molar-refractivity contribution >= 4 is 30.8 Å². The zero-order chi connectivity index (χ0) is 11.4. The molecule has 0 nitrogen and oxygen atoms in total. The van der Waals surface area contributed by atoms with Crippen LogP contribution < -0.4 is 10.4 Å². The lowest BCUT2D eigenvalue weighted by Gasteiger charge is -2.18. The highest BCUT2D eigenvalue weighted by Gasteiger charge is 2.20. The highest BCUT2D eigenvalue weighted by molar-refractivity contribution is 6.90. The summed E-state index contributed by atoms with van der Waals surface area (Å²) in [7, 11) is -1.26. The molecule has 0 fully saturated rings. The van der Waals surface area contributed by atoms with Crippen LogP contribution in [0.4, 0.5) is 0 Å². The fraction of sp³-hybridized carbons (Fsp3) is 0.143. The van der Waals surface area contributed by atoms with Gasteiger partial charge < -0.3 is 0 Å². The Morgan fingerprint density at radius 3 is 1.50 bits per heavy atom. The predicted molar refractivity (Wildman–Crippen MR) is 74.6 cm³/mol. The zero-order valence-corrected chi connectivity index (χ0v) is 11.2. The Balaban J connectivity index is 2.40. The van der Waals surface area contributed by atoms with Gasteiger partial charge in [-0.3, -0.25) is 0 Å². The Labute approximate surface area is 103 Å². The van der Waals surface area contributed by atoms with Crippen LogP contribution in [0.25, 0.3) is 0 Å². The Morgan fingerprint density at radius 1 is 0.812 bits per heavy atom. The van der Waals surface area contributed by atoms with Crippen LogP contribution in [0.2, 0.25) is 0 Å². The SMILES string of the molecule is CC(Cl)[SiH](c1ccccc1)c1ccccc1. The molecule has 0 saturated carbocycles. The van der Waals surface area contributed by atoms with Crippen LogP contribution in [-0.4, -0.2) is 13.8 Å². The summed E-state index contributed by atoms with van der Waals surface area (Å²) in [4.78, 5) is 0. The summed E-state index contributed by atoms with van der Waals surface area (Å²) in [6, 6.07) is 21.3. The summed E-state index contributed by atoms with van der Waals surface area (Å²) in [6.07, 6.45) is 0. The van der Waals surface area contributed by atoms with Crippen LogP contribution in [0, 0.1) is 0 Å². The van der Waals surface area contributed by atoms with E-state index in [1.54, 1.807) is 0 Å². The van der Waals surface area contributed by atoms with Crippen LogP contribution in [-0.2, 0) is 0 Å². The smallest absolute Gasteiger partial charge is 0.121 e. The Kier molecular flexibility index (Phi) is 3.81. The van der Waals surface area contributed by atoms with Crippen LogP contribution in [0.15, 0.2) is 60.7 Å². The minimum absolute atomic E-state index is 0.227. The van der Waals surface area contributed by atoms with Gasteiger partial charge in [-0.05, 0) is 0 Å². The number of rotatable bonds is 3. The Bertz CT molecular complexity index is 386. The first kappa shape index (κ1) is 11.4. The molecule has 2 rings (SSSR count). The summed E-state index contributed by atoms with van der Waals surface area (Å²) in [5, 5.41) is 3.05. The summed E-state index contributed by atoms with van der Waals surface area (Å²) < 4.78 is 0. The van der Waals surface area contributed by atoms with Gasteiger partial charge in [-0.15, -0.1) is 11.6 Å². The normalized spacial score (nSPS) is 12.7. The Hall–Kier alpha value is -1.05. The summed E-state index contributed by atoms with van der Waals surface area (Å²) in [6.45, 7) is 2.11. The van der Waals surface area contributed by atoms with Gasteiger partial charge in [0.2, 0.25) is 0 Å². The quantitative estimate of drug-likeness (QED) is 0.576. The molecule has 2 heteroatoms. The highest BCUT2D eigenvalue weighted by atomic mass is 35.5.